The lowest BCUT2D eigenvalue weighted by Crippen LogP contribution is -2.27. The van der Waals surface area contributed by atoms with Gasteiger partial charge >= 0.3 is 0 Å². The van der Waals surface area contributed by atoms with E-state index in [-0.39, 0.29) is 22.4 Å². The highest BCUT2D eigenvalue weighted by atomic mass is 35.5. The Morgan fingerprint density at radius 2 is 2.04 bits per heavy atom. The third kappa shape index (κ3) is 3.42. The Morgan fingerprint density at radius 3 is 2.72 bits per heavy atom. The van der Waals surface area contributed by atoms with Crippen molar-refractivity contribution in [2.45, 2.75) is 13.0 Å². The molecular weight excluding hydrogens is 389 g/mol. The summed E-state index contributed by atoms with van der Waals surface area (Å²) in [6, 6.07) is 4.78. The second-order valence-corrected chi connectivity index (χ2v) is 8.31. The van der Waals surface area contributed by atoms with Gasteiger partial charge in [-0.05, 0) is 30.2 Å². The summed E-state index contributed by atoms with van der Waals surface area (Å²) in [4.78, 5) is 24.4. The minimum absolute atomic E-state index is 0.0220. The summed E-state index contributed by atoms with van der Waals surface area (Å²) in [5, 5.41) is 3.63. The van der Waals surface area contributed by atoms with E-state index < -0.39 is 15.6 Å². The van der Waals surface area contributed by atoms with Crippen LogP contribution in [0, 0.1) is 0 Å². The van der Waals surface area contributed by atoms with Gasteiger partial charge in [-0.25, -0.2) is 13.1 Å². The lowest BCUT2D eigenvalue weighted by atomic mass is 10.1. The Morgan fingerprint density at radius 1 is 1.32 bits per heavy atom. The van der Waals surface area contributed by atoms with Gasteiger partial charge in [0.25, 0.3) is 5.56 Å². The summed E-state index contributed by atoms with van der Waals surface area (Å²) >= 11 is 11.5. The number of hydrogen-bond donors (Lipinski definition) is 0. The molecule has 0 unspecified atom stereocenters. The van der Waals surface area contributed by atoms with Crippen LogP contribution in [0.25, 0.3) is 0 Å². The maximum atomic E-state index is 12.4. The molecule has 25 heavy (non-hydrogen) atoms. The van der Waals surface area contributed by atoms with Gasteiger partial charge in [-0.2, -0.15) is 5.10 Å². The lowest BCUT2D eigenvalue weighted by molar-refractivity contribution is 0.0965. The summed E-state index contributed by atoms with van der Waals surface area (Å²) in [6.45, 7) is 0.0594. The van der Waals surface area contributed by atoms with Crippen molar-refractivity contribution in [3.05, 3.63) is 55.9 Å². The molecule has 0 bridgehead atoms. The molecule has 1 aliphatic rings. The van der Waals surface area contributed by atoms with Gasteiger partial charge in [0, 0.05) is 12.1 Å². The first kappa shape index (κ1) is 17.9. The molecule has 3 rings (SSSR count). The van der Waals surface area contributed by atoms with Crippen molar-refractivity contribution in [2.24, 2.45) is 0 Å². The van der Waals surface area contributed by atoms with Crippen LogP contribution < -0.4 is 9.86 Å². The molecule has 0 radical (unpaired) electrons. The van der Waals surface area contributed by atoms with Gasteiger partial charge in [0.05, 0.1) is 23.2 Å². The molecule has 1 aliphatic heterocycles. The van der Waals surface area contributed by atoms with E-state index in [9.17, 15) is 18.0 Å². The number of anilines is 1. The molecule has 0 amide bonds. The van der Waals surface area contributed by atoms with Crippen molar-refractivity contribution >= 4 is 44.7 Å². The number of ketones is 1. The summed E-state index contributed by atoms with van der Waals surface area (Å²) in [7, 11) is -3.35. The van der Waals surface area contributed by atoms with Crippen LogP contribution in [0.5, 0.6) is 0 Å². The number of Topliss-reactive ketones (excluding diaryl/α,β-unsaturated/α-hetero) is 1. The fourth-order valence-electron chi connectivity index (χ4n) is 2.67. The molecule has 1 aromatic heterocycles. The van der Waals surface area contributed by atoms with Gasteiger partial charge in [0.1, 0.15) is 11.6 Å². The number of sulfonamides is 1. The van der Waals surface area contributed by atoms with Crippen LogP contribution in [0.4, 0.5) is 5.69 Å². The third-order valence-corrected chi connectivity index (χ3v) is 5.82. The van der Waals surface area contributed by atoms with E-state index in [4.69, 9.17) is 23.2 Å². The first-order valence-electron chi connectivity index (χ1n) is 7.23. The van der Waals surface area contributed by atoms with Crippen LogP contribution in [0.1, 0.15) is 15.9 Å². The van der Waals surface area contributed by atoms with E-state index in [1.807, 2.05) is 0 Å². The van der Waals surface area contributed by atoms with Gasteiger partial charge in [0.15, 0.2) is 5.78 Å². The summed E-state index contributed by atoms with van der Waals surface area (Å²) in [5.41, 5.74) is 1.07. The topological polar surface area (TPSA) is 89.3 Å². The molecule has 7 nitrogen and oxygen atoms in total. The number of carbonyl (C=O) groups excluding carboxylic acids is 1. The van der Waals surface area contributed by atoms with Gasteiger partial charge in [-0.15, -0.1) is 0 Å². The van der Waals surface area contributed by atoms with Crippen LogP contribution in [0.2, 0.25) is 10.0 Å². The minimum atomic E-state index is -3.35. The first-order chi connectivity index (χ1) is 11.7. The predicted molar refractivity (Wildman–Crippen MR) is 95.2 cm³/mol. The lowest BCUT2D eigenvalue weighted by Gasteiger charge is -2.16. The molecule has 10 heteroatoms. The number of rotatable bonds is 4. The highest BCUT2D eigenvalue weighted by molar-refractivity contribution is 7.92. The zero-order valence-electron chi connectivity index (χ0n) is 13.1. The maximum absolute atomic E-state index is 12.4. The van der Waals surface area contributed by atoms with Crippen molar-refractivity contribution in [2.75, 3.05) is 17.1 Å². The third-order valence-electron chi connectivity index (χ3n) is 3.89. The fourth-order valence-corrected chi connectivity index (χ4v) is 3.90. The van der Waals surface area contributed by atoms with Crippen LogP contribution in [0.3, 0.4) is 0 Å². The standard InChI is InChI=1S/C15H13Cl2N3O4S/c1-25(23,24)20-5-4-9-6-10(2-3-12(9)20)13(21)8-19-15(22)14(17)11(16)7-18-19/h2-3,6-7H,4-5,8H2,1H3. The van der Waals surface area contributed by atoms with Gasteiger partial charge < -0.3 is 0 Å². The molecule has 0 atom stereocenters. The Hall–Kier alpha value is -1.90. The first-order valence-corrected chi connectivity index (χ1v) is 9.84. The van der Waals surface area contributed by atoms with Crippen molar-refractivity contribution in [3.8, 4) is 0 Å². The van der Waals surface area contributed by atoms with E-state index in [0.717, 1.165) is 16.5 Å². The highest BCUT2D eigenvalue weighted by Gasteiger charge is 2.26. The number of halogens is 2. The number of aromatic nitrogens is 2. The molecule has 0 aliphatic carbocycles. The number of nitrogens with zero attached hydrogens (tertiary/aromatic N) is 3. The number of hydrogen-bond acceptors (Lipinski definition) is 5. The van der Waals surface area contributed by atoms with E-state index in [1.165, 1.54) is 16.6 Å². The van der Waals surface area contributed by atoms with Crippen LogP contribution in [0.15, 0.2) is 29.2 Å². The average molecular weight is 402 g/mol. The van der Waals surface area contributed by atoms with Crippen LogP contribution in [-0.2, 0) is 23.0 Å². The molecule has 0 fully saturated rings. The van der Waals surface area contributed by atoms with E-state index in [1.54, 1.807) is 12.1 Å². The zero-order chi connectivity index (χ0) is 18.4. The smallest absolute Gasteiger partial charge is 0.287 e. The molecular formula is C15H13Cl2N3O4S. The molecule has 0 saturated heterocycles. The fraction of sp³-hybridized carbons (Fsp3) is 0.267. The Kier molecular flexibility index (Phi) is 4.61. The Balaban J connectivity index is 1.88. The Labute approximate surface area is 153 Å². The largest absolute Gasteiger partial charge is 0.292 e. The Bertz CT molecular complexity index is 1030. The van der Waals surface area contributed by atoms with E-state index in [0.29, 0.717) is 24.2 Å². The summed E-state index contributed by atoms with van der Waals surface area (Å²) in [6.07, 6.45) is 2.86. The monoisotopic (exact) mass is 401 g/mol. The maximum Gasteiger partial charge on any atom is 0.287 e. The number of benzene rings is 1. The van der Waals surface area contributed by atoms with Gasteiger partial charge in [0.2, 0.25) is 10.0 Å². The second-order valence-electron chi connectivity index (χ2n) is 5.62. The molecule has 0 saturated carbocycles. The number of carbonyl (C=O) groups is 1. The molecule has 0 N–H and O–H groups in total. The van der Waals surface area contributed by atoms with Crippen LogP contribution >= 0.6 is 23.2 Å². The molecule has 2 aromatic rings. The SMILES string of the molecule is CS(=O)(=O)N1CCc2cc(C(=O)Cn3ncc(Cl)c(Cl)c3=O)ccc21. The van der Waals surface area contributed by atoms with Crippen molar-refractivity contribution < 1.29 is 13.2 Å². The highest BCUT2D eigenvalue weighted by Crippen LogP contribution is 2.30. The molecule has 132 valence electrons. The van der Waals surface area contributed by atoms with Gasteiger partial charge in [-0.1, -0.05) is 23.2 Å². The normalized spacial score (nSPS) is 13.8. The minimum Gasteiger partial charge on any atom is -0.292 e. The van der Waals surface area contributed by atoms with Gasteiger partial charge in [-0.3, -0.25) is 13.9 Å². The average Bonchev–Trinajstić information content (AvgIpc) is 2.98. The second kappa shape index (κ2) is 6.44. The quantitative estimate of drug-likeness (QED) is 0.727. The zero-order valence-corrected chi connectivity index (χ0v) is 15.4. The summed E-state index contributed by atoms with van der Waals surface area (Å²) in [5.74, 6) is -0.339. The molecule has 0 spiro atoms. The van der Waals surface area contributed by atoms with E-state index >= 15 is 0 Å². The van der Waals surface area contributed by atoms with Crippen molar-refractivity contribution in [1.82, 2.24) is 9.78 Å². The number of fused-ring (bicyclic) bond motifs is 1. The van der Waals surface area contributed by atoms with E-state index in [2.05, 4.69) is 5.10 Å². The summed E-state index contributed by atoms with van der Waals surface area (Å²) < 4.78 is 25.7. The molecule has 2 heterocycles. The van der Waals surface area contributed by atoms with Crippen molar-refractivity contribution in [3.63, 3.8) is 0 Å². The predicted octanol–water partition coefficient (Wildman–Crippen LogP) is 1.76. The van der Waals surface area contributed by atoms with Crippen molar-refractivity contribution in [1.29, 1.82) is 0 Å². The molecule has 1 aromatic carbocycles. The van der Waals surface area contributed by atoms with Crippen LogP contribution in [-0.4, -0.2) is 36.8 Å².